The predicted octanol–water partition coefficient (Wildman–Crippen LogP) is 1.80. The van der Waals surface area contributed by atoms with Gasteiger partial charge in [0.2, 0.25) is 0 Å². The van der Waals surface area contributed by atoms with Crippen LogP contribution in [-0.2, 0) is 9.59 Å². The zero-order chi connectivity index (χ0) is 9.02. The summed E-state index contributed by atoms with van der Waals surface area (Å²) in [5, 5.41) is -0.933. The van der Waals surface area contributed by atoms with E-state index in [1.807, 2.05) is 13.8 Å². The standard InChI is InChI=1S/C8H13ClO2/c1-5(2)4-7(11)8(9)6(3)10/h5,8H,4H2,1-3H3. The molecule has 0 aliphatic heterocycles. The molecule has 2 nitrogen and oxygen atoms in total. The number of Topliss-reactive ketones (excluding diaryl/α,β-unsaturated/α-hetero) is 2. The molecule has 0 saturated carbocycles. The molecule has 0 amide bonds. The summed E-state index contributed by atoms with van der Waals surface area (Å²) in [4.78, 5) is 21.7. The van der Waals surface area contributed by atoms with Gasteiger partial charge < -0.3 is 0 Å². The van der Waals surface area contributed by atoms with Crippen LogP contribution in [0.5, 0.6) is 0 Å². The van der Waals surface area contributed by atoms with E-state index < -0.39 is 5.38 Å². The Bertz CT molecular complexity index is 163. The molecule has 0 bridgehead atoms. The Morgan fingerprint density at radius 3 is 2.09 bits per heavy atom. The number of carbonyl (C=O) groups excluding carboxylic acids is 2. The van der Waals surface area contributed by atoms with Crippen molar-refractivity contribution in [1.82, 2.24) is 0 Å². The molecule has 0 radical (unpaired) electrons. The molecule has 1 atom stereocenters. The average Bonchev–Trinajstić information content (AvgIpc) is 1.84. The number of rotatable bonds is 4. The Balaban J connectivity index is 3.93. The Labute approximate surface area is 71.9 Å². The van der Waals surface area contributed by atoms with Gasteiger partial charge in [-0.25, -0.2) is 0 Å². The highest BCUT2D eigenvalue weighted by atomic mass is 35.5. The molecule has 11 heavy (non-hydrogen) atoms. The lowest BCUT2D eigenvalue weighted by molar-refractivity contribution is -0.125. The van der Waals surface area contributed by atoms with Gasteiger partial charge in [-0.05, 0) is 12.8 Å². The fraction of sp³-hybridized carbons (Fsp3) is 0.750. The van der Waals surface area contributed by atoms with Gasteiger partial charge in [-0.1, -0.05) is 13.8 Å². The van der Waals surface area contributed by atoms with Crippen LogP contribution < -0.4 is 0 Å². The topological polar surface area (TPSA) is 34.1 Å². The second-order valence-electron chi connectivity index (χ2n) is 3.04. The van der Waals surface area contributed by atoms with E-state index in [1.54, 1.807) is 0 Å². The first-order valence-corrected chi connectivity index (χ1v) is 4.06. The minimum Gasteiger partial charge on any atom is -0.298 e. The minimum atomic E-state index is -0.933. The normalized spacial score (nSPS) is 13.2. The number of hydrogen-bond acceptors (Lipinski definition) is 2. The van der Waals surface area contributed by atoms with Gasteiger partial charge in [0.05, 0.1) is 0 Å². The van der Waals surface area contributed by atoms with Crippen molar-refractivity contribution >= 4 is 23.2 Å². The van der Waals surface area contributed by atoms with E-state index in [-0.39, 0.29) is 17.5 Å². The molecule has 1 unspecified atom stereocenters. The zero-order valence-electron chi connectivity index (χ0n) is 7.06. The van der Waals surface area contributed by atoms with Crippen molar-refractivity contribution in [2.24, 2.45) is 5.92 Å². The van der Waals surface area contributed by atoms with E-state index >= 15 is 0 Å². The SMILES string of the molecule is CC(=O)C(Cl)C(=O)CC(C)C. The summed E-state index contributed by atoms with van der Waals surface area (Å²) in [6.45, 7) is 5.17. The van der Waals surface area contributed by atoms with Crippen LogP contribution in [0.1, 0.15) is 27.2 Å². The highest BCUT2D eigenvalue weighted by Crippen LogP contribution is 2.08. The van der Waals surface area contributed by atoms with Crippen LogP contribution in [-0.4, -0.2) is 16.9 Å². The Morgan fingerprint density at radius 1 is 1.36 bits per heavy atom. The summed E-state index contributed by atoms with van der Waals surface area (Å²) in [6.07, 6.45) is 0.383. The molecule has 0 aliphatic rings. The fourth-order valence-electron chi connectivity index (χ4n) is 0.733. The van der Waals surface area contributed by atoms with Crippen molar-refractivity contribution in [2.75, 3.05) is 0 Å². The fourth-order valence-corrected chi connectivity index (χ4v) is 0.822. The van der Waals surface area contributed by atoms with Crippen LogP contribution >= 0.6 is 11.6 Å². The monoisotopic (exact) mass is 176 g/mol. The number of halogens is 1. The lowest BCUT2D eigenvalue weighted by atomic mass is 10.0. The lowest BCUT2D eigenvalue weighted by Crippen LogP contribution is -2.23. The summed E-state index contributed by atoms with van der Waals surface area (Å²) in [7, 11) is 0. The first-order chi connectivity index (χ1) is 4.95. The van der Waals surface area contributed by atoms with Gasteiger partial charge in [-0.15, -0.1) is 11.6 Å². The van der Waals surface area contributed by atoms with Gasteiger partial charge >= 0.3 is 0 Å². The highest BCUT2D eigenvalue weighted by Gasteiger charge is 2.20. The van der Waals surface area contributed by atoms with Gasteiger partial charge in [-0.2, -0.15) is 0 Å². The molecule has 0 fully saturated rings. The van der Waals surface area contributed by atoms with Crippen molar-refractivity contribution in [3.63, 3.8) is 0 Å². The molecule has 0 aromatic rings. The van der Waals surface area contributed by atoms with Crippen LogP contribution in [0.2, 0.25) is 0 Å². The molecule has 0 rings (SSSR count). The lowest BCUT2D eigenvalue weighted by Gasteiger charge is -2.05. The first kappa shape index (κ1) is 10.6. The molecule has 0 spiro atoms. The molecule has 0 aliphatic carbocycles. The molecular formula is C8H13ClO2. The van der Waals surface area contributed by atoms with Crippen LogP contribution in [0.25, 0.3) is 0 Å². The third kappa shape index (κ3) is 4.14. The molecule has 3 heteroatoms. The van der Waals surface area contributed by atoms with E-state index in [9.17, 15) is 9.59 Å². The summed E-state index contributed by atoms with van der Waals surface area (Å²) < 4.78 is 0. The van der Waals surface area contributed by atoms with Crippen molar-refractivity contribution in [2.45, 2.75) is 32.6 Å². The van der Waals surface area contributed by atoms with Gasteiger partial charge in [0.1, 0.15) is 5.38 Å². The number of carbonyl (C=O) groups is 2. The third-order valence-corrected chi connectivity index (χ3v) is 1.80. The molecule has 0 saturated heterocycles. The molecule has 0 aromatic carbocycles. The van der Waals surface area contributed by atoms with E-state index in [0.717, 1.165) is 0 Å². The Hall–Kier alpha value is -0.370. The predicted molar refractivity (Wildman–Crippen MR) is 44.8 cm³/mol. The molecule has 0 N–H and O–H groups in total. The van der Waals surface area contributed by atoms with Gasteiger partial charge in [-0.3, -0.25) is 9.59 Å². The van der Waals surface area contributed by atoms with Gasteiger partial charge in [0, 0.05) is 6.42 Å². The quantitative estimate of drug-likeness (QED) is 0.484. The molecular weight excluding hydrogens is 164 g/mol. The Morgan fingerprint density at radius 2 is 1.82 bits per heavy atom. The van der Waals surface area contributed by atoms with Crippen LogP contribution in [0.4, 0.5) is 0 Å². The average molecular weight is 177 g/mol. The van der Waals surface area contributed by atoms with Crippen molar-refractivity contribution in [3.8, 4) is 0 Å². The summed E-state index contributed by atoms with van der Waals surface area (Å²) in [5.74, 6) is -0.172. The van der Waals surface area contributed by atoms with Crippen LogP contribution in [0.15, 0.2) is 0 Å². The largest absolute Gasteiger partial charge is 0.298 e. The van der Waals surface area contributed by atoms with Crippen molar-refractivity contribution in [3.05, 3.63) is 0 Å². The maximum absolute atomic E-state index is 11.0. The maximum Gasteiger partial charge on any atom is 0.158 e. The first-order valence-electron chi connectivity index (χ1n) is 3.62. The highest BCUT2D eigenvalue weighted by molar-refractivity contribution is 6.41. The number of hydrogen-bond donors (Lipinski definition) is 0. The van der Waals surface area contributed by atoms with E-state index in [2.05, 4.69) is 0 Å². The molecule has 0 aromatic heterocycles. The smallest absolute Gasteiger partial charge is 0.158 e. The summed E-state index contributed by atoms with van der Waals surface area (Å²) in [6, 6.07) is 0. The number of alkyl halides is 1. The van der Waals surface area contributed by atoms with Gasteiger partial charge in [0.25, 0.3) is 0 Å². The summed E-state index contributed by atoms with van der Waals surface area (Å²) in [5.41, 5.74) is 0. The van der Waals surface area contributed by atoms with Gasteiger partial charge in [0.15, 0.2) is 11.6 Å². The van der Waals surface area contributed by atoms with Crippen LogP contribution in [0, 0.1) is 5.92 Å². The van der Waals surface area contributed by atoms with E-state index in [0.29, 0.717) is 6.42 Å². The zero-order valence-corrected chi connectivity index (χ0v) is 7.81. The molecule has 64 valence electrons. The Kier molecular flexibility index (Phi) is 4.34. The second-order valence-corrected chi connectivity index (χ2v) is 3.47. The molecule has 0 heterocycles. The summed E-state index contributed by atoms with van der Waals surface area (Å²) >= 11 is 5.51. The van der Waals surface area contributed by atoms with Crippen molar-refractivity contribution in [1.29, 1.82) is 0 Å². The number of ketones is 2. The van der Waals surface area contributed by atoms with E-state index in [4.69, 9.17) is 11.6 Å². The second kappa shape index (κ2) is 4.50. The third-order valence-electron chi connectivity index (χ3n) is 1.25. The van der Waals surface area contributed by atoms with E-state index in [1.165, 1.54) is 6.92 Å². The van der Waals surface area contributed by atoms with Crippen LogP contribution in [0.3, 0.4) is 0 Å². The van der Waals surface area contributed by atoms with Crippen molar-refractivity contribution < 1.29 is 9.59 Å². The minimum absolute atomic E-state index is 0.172. The maximum atomic E-state index is 11.0.